The highest BCUT2D eigenvalue weighted by Crippen LogP contribution is 2.29. The Morgan fingerprint density at radius 1 is 1.30 bits per heavy atom. The number of aromatic carboxylic acids is 1. The summed E-state index contributed by atoms with van der Waals surface area (Å²) in [6.45, 7) is 1.94. The van der Waals surface area contributed by atoms with Gasteiger partial charge in [0.05, 0.1) is 21.4 Å². The molecular weight excluding hydrogens is 323 g/mol. The van der Waals surface area contributed by atoms with Crippen LogP contribution in [0.25, 0.3) is 5.69 Å². The number of benzene rings is 1. The molecule has 2 aromatic rings. The summed E-state index contributed by atoms with van der Waals surface area (Å²) in [7, 11) is 0. The normalized spacial score (nSPS) is 10.8. The molecule has 0 radical (unpaired) electrons. The monoisotopic (exact) mass is 332 g/mol. The lowest BCUT2D eigenvalue weighted by molar-refractivity contribution is 0.0696. The Bertz CT molecular complexity index is 668. The van der Waals surface area contributed by atoms with Crippen molar-refractivity contribution in [2.24, 2.45) is 0 Å². The van der Waals surface area contributed by atoms with Crippen LogP contribution in [0.5, 0.6) is 0 Å². The topological polar surface area (TPSA) is 55.1 Å². The van der Waals surface area contributed by atoms with Crippen LogP contribution in [0.2, 0.25) is 15.2 Å². The van der Waals surface area contributed by atoms with Crippen LogP contribution in [0.1, 0.15) is 29.4 Å². The first kappa shape index (κ1) is 15.2. The number of carbonyl (C=O) groups is 1. The maximum atomic E-state index is 11.3. The van der Waals surface area contributed by atoms with E-state index in [-0.39, 0.29) is 10.7 Å². The molecule has 0 fully saturated rings. The van der Waals surface area contributed by atoms with Gasteiger partial charge in [-0.05, 0) is 24.6 Å². The summed E-state index contributed by atoms with van der Waals surface area (Å²) in [4.78, 5) is 11.3. The van der Waals surface area contributed by atoms with Crippen molar-refractivity contribution in [2.75, 3.05) is 0 Å². The Hall–Kier alpha value is -1.23. The maximum absolute atomic E-state index is 11.3. The van der Waals surface area contributed by atoms with Crippen molar-refractivity contribution in [3.63, 3.8) is 0 Å². The van der Waals surface area contributed by atoms with Gasteiger partial charge in [0.1, 0.15) is 10.7 Å². The van der Waals surface area contributed by atoms with Gasteiger partial charge in [-0.2, -0.15) is 5.10 Å². The van der Waals surface area contributed by atoms with Crippen molar-refractivity contribution in [1.82, 2.24) is 9.78 Å². The summed E-state index contributed by atoms with van der Waals surface area (Å²) in [5, 5.41) is 14.3. The van der Waals surface area contributed by atoms with Crippen molar-refractivity contribution in [1.29, 1.82) is 0 Å². The van der Waals surface area contributed by atoms with Gasteiger partial charge >= 0.3 is 5.97 Å². The van der Waals surface area contributed by atoms with Crippen molar-refractivity contribution in [2.45, 2.75) is 19.8 Å². The van der Waals surface area contributed by atoms with E-state index in [1.54, 1.807) is 18.2 Å². The number of carboxylic acids is 1. The van der Waals surface area contributed by atoms with E-state index in [4.69, 9.17) is 34.8 Å². The van der Waals surface area contributed by atoms with Crippen molar-refractivity contribution in [3.05, 3.63) is 44.7 Å². The van der Waals surface area contributed by atoms with E-state index in [2.05, 4.69) is 5.10 Å². The smallest absolute Gasteiger partial charge is 0.340 e. The maximum Gasteiger partial charge on any atom is 0.340 e. The average molecular weight is 334 g/mol. The van der Waals surface area contributed by atoms with Crippen LogP contribution in [0.15, 0.2) is 18.2 Å². The third-order valence-corrected chi connectivity index (χ3v) is 3.84. The number of hydrogen-bond donors (Lipinski definition) is 1. The molecule has 20 heavy (non-hydrogen) atoms. The molecule has 1 aromatic carbocycles. The first-order valence-corrected chi connectivity index (χ1v) is 7.05. The molecule has 1 aromatic heterocycles. The second kappa shape index (κ2) is 6.04. The van der Waals surface area contributed by atoms with Gasteiger partial charge in [-0.3, -0.25) is 0 Å². The molecule has 106 valence electrons. The predicted molar refractivity (Wildman–Crippen MR) is 79.5 cm³/mol. The van der Waals surface area contributed by atoms with Crippen LogP contribution in [0, 0.1) is 0 Å². The molecule has 0 spiro atoms. The highest BCUT2D eigenvalue weighted by atomic mass is 35.5. The van der Waals surface area contributed by atoms with Crippen LogP contribution >= 0.6 is 34.8 Å². The third-order valence-electron chi connectivity index (χ3n) is 2.75. The summed E-state index contributed by atoms with van der Waals surface area (Å²) < 4.78 is 1.36. The van der Waals surface area contributed by atoms with Gasteiger partial charge in [0.15, 0.2) is 0 Å². The molecular formula is C13H11Cl3N2O2. The van der Waals surface area contributed by atoms with Gasteiger partial charge in [0.2, 0.25) is 0 Å². The number of nitrogens with zero attached hydrogens (tertiary/aromatic N) is 2. The second-order valence-corrected chi connectivity index (χ2v) is 5.35. The highest BCUT2D eigenvalue weighted by molar-refractivity contribution is 6.42. The van der Waals surface area contributed by atoms with Gasteiger partial charge in [-0.25, -0.2) is 9.48 Å². The van der Waals surface area contributed by atoms with Crippen molar-refractivity contribution < 1.29 is 9.90 Å². The fourth-order valence-corrected chi connectivity index (χ4v) is 2.47. The van der Waals surface area contributed by atoms with E-state index in [0.29, 0.717) is 27.8 Å². The predicted octanol–water partition coefficient (Wildman–Crippen LogP) is 4.48. The van der Waals surface area contributed by atoms with Crippen LogP contribution in [-0.2, 0) is 6.42 Å². The molecule has 4 nitrogen and oxygen atoms in total. The lowest BCUT2D eigenvalue weighted by atomic mass is 10.2. The fraction of sp³-hybridized carbons (Fsp3) is 0.231. The van der Waals surface area contributed by atoms with E-state index in [9.17, 15) is 9.90 Å². The SMILES string of the molecule is CCCc1nn(-c2ccc(Cl)c(Cl)c2)c(Cl)c1C(=O)O. The van der Waals surface area contributed by atoms with Crippen molar-refractivity contribution in [3.8, 4) is 5.69 Å². The lowest BCUT2D eigenvalue weighted by Crippen LogP contribution is -2.00. The molecule has 0 aliphatic carbocycles. The molecule has 1 heterocycles. The molecule has 0 unspecified atom stereocenters. The number of rotatable bonds is 4. The minimum absolute atomic E-state index is 0.0274. The Morgan fingerprint density at radius 2 is 2.00 bits per heavy atom. The quantitative estimate of drug-likeness (QED) is 0.897. The molecule has 0 atom stereocenters. The Kier molecular flexibility index (Phi) is 4.58. The molecule has 7 heteroatoms. The van der Waals surface area contributed by atoms with E-state index >= 15 is 0 Å². The highest BCUT2D eigenvalue weighted by Gasteiger charge is 2.22. The fourth-order valence-electron chi connectivity index (χ4n) is 1.85. The third kappa shape index (κ3) is 2.77. The number of halogens is 3. The Morgan fingerprint density at radius 3 is 2.55 bits per heavy atom. The average Bonchev–Trinajstić information content (AvgIpc) is 2.70. The minimum atomic E-state index is -1.09. The Balaban J connectivity index is 2.59. The number of hydrogen-bond acceptors (Lipinski definition) is 2. The van der Waals surface area contributed by atoms with Crippen molar-refractivity contribution >= 4 is 40.8 Å². The van der Waals surface area contributed by atoms with Gasteiger partial charge in [-0.15, -0.1) is 0 Å². The van der Waals surface area contributed by atoms with E-state index < -0.39 is 5.97 Å². The number of aryl methyl sites for hydroxylation is 1. The van der Waals surface area contributed by atoms with Gasteiger partial charge < -0.3 is 5.11 Å². The Labute approximate surface area is 130 Å². The number of carboxylic acid groups (broad SMARTS) is 1. The summed E-state index contributed by atoms with van der Waals surface area (Å²) in [5.74, 6) is -1.09. The molecule has 0 aliphatic rings. The minimum Gasteiger partial charge on any atom is -0.478 e. The lowest BCUT2D eigenvalue weighted by Gasteiger charge is -2.04. The van der Waals surface area contributed by atoms with Gasteiger partial charge in [0, 0.05) is 0 Å². The zero-order valence-electron chi connectivity index (χ0n) is 10.5. The van der Waals surface area contributed by atoms with Gasteiger partial charge in [-0.1, -0.05) is 48.1 Å². The summed E-state index contributed by atoms with van der Waals surface area (Å²) in [6, 6.07) is 4.87. The first-order valence-electron chi connectivity index (χ1n) is 5.91. The number of aromatic nitrogens is 2. The molecule has 0 aliphatic heterocycles. The molecule has 1 N–H and O–H groups in total. The summed E-state index contributed by atoms with van der Waals surface area (Å²) >= 11 is 17.9. The van der Waals surface area contributed by atoms with E-state index in [0.717, 1.165) is 6.42 Å². The molecule has 2 rings (SSSR count). The summed E-state index contributed by atoms with van der Waals surface area (Å²) in [5.41, 5.74) is 1.05. The summed E-state index contributed by atoms with van der Waals surface area (Å²) in [6.07, 6.45) is 1.31. The first-order chi connectivity index (χ1) is 9.45. The van der Waals surface area contributed by atoms with Gasteiger partial charge in [0.25, 0.3) is 0 Å². The molecule has 0 saturated carbocycles. The molecule has 0 amide bonds. The van der Waals surface area contributed by atoms with E-state index in [1.807, 2.05) is 6.92 Å². The molecule has 0 saturated heterocycles. The zero-order valence-corrected chi connectivity index (χ0v) is 12.8. The van der Waals surface area contributed by atoms with E-state index in [1.165, 1.54) is 4.68 Å². The van der Waals surface area contributed by atoms with Crippen LogP contribution < -0.4 is 0 Å². The standard InChI is InChI=1S/C13H11Cl3N2O2/c1-2-3-10-11(13(19)20)12(16)18(17-10)7-4-5-8(14)9(15)6-7/h4-6H,2-3H2,1H3,(H,19,20). The zero-order chi connectivity index (χ0) is 14.9. The largest absolute Gasteiger partial charge is 0.478 e. The van der Waals surface area contributed by atoms with Crippen LogP contribution in [0.4, 0.5) is 0 Å². The van der Waals surface area contributed by atoms with Crippen LogP contribution in [0.3, 0.4) is 0 Å². The van der Waals surface area contributed by atoms with Crippen LogP contribution in [-0.4, -0.2) is 20.9 Å². The second-order valence-electron chi connectivity index (χ2n) is 4.18. The molecule has 0 bridgehead atoms.